The van der Waals surface area contributed by atoms with Gasteiger partial charge in [-0.3, -0.25) is 9.36 Å². The number of imidazole rings is 1. The van der Waals surface area contributed by atoms with Gasteiger partial charge in [0.05, 0.1) is 12.1 Å². The van der Waals surface area contributed by atoms with Gasteiger partial charge in [-0.2, -0.15) is 0 Å². The summed E-state index contributed by atoms with van der Waals surface area (Å²) in [5, 5.41) is 10.0. The smallest absolute Gasteiger partial charge is 0.228 e. The van der Waals surface area contributed by atoms with E-state index in [1.54, 1.807) is 13.1 Å². The van der Waals surface area contributed by atoms with Gasteiger partial charge in [0.15, 0.2) is 0 Å². The van der Waals surface area contributed by atoms with Gasteiger partial charge in [0.1, 0.15) is 29.5 Å². The van der Waals surface area contributed by atoms with Crippen molar-refractivity contribution in [3.05, 3.63) is 71.9 Å². The van der Waals surface area contributed by atoms with Gasteiger partial charge in [0, 0.05) is 35.4 Å². The van der Waals surface area contributed by atoms with Gasteiger partial charge in [-0.1, -0.05) is 5.16 Å². The number of aromatic nitrogens is 5. The van der Waals surface area contributed by atoms with Gasteiger partial charge in [-0.05, 0) is 45.0 Å². The monoisotopic (exact) mass is 403 g/mol. The highest BCUT2D eigenvalue weighted by Crippen LogP contribution is 2.20. The molecule has 0 spiro atoms. The van der Waals surface area contributed by atoms with Crippen molar-refractivity contribution < 1.29 is 9.32 Å². The molecule has 1 aromatic carbocycles. The predicted octanol–water partition coefficient (Wildman–Crippen LogP) is 3.50. The van der Waals surface area contributed by atoms with Gasteiger partial charge in [0.2, 0.25) is 5.91 Å². The Balaban J connectivity index is 1.40. The first-order valence-corrected chi connectivity index (χ1v) is 9.40. The Hall–Kier alpha value is -4.01. The van der Waals surface area contributed by atoms with Crippen LogP contribution in [0.1, 0.15) is 22.8 Å². The molecule has 3 aromatic heterocycles. The van der Waals surface area contributed by atoms with Crippen molar-refractivity contribution in [3.63, 3.8) is 0 Å². The fourth-order valence-corrected chi connectivity index (χ4v) is 3.07. The zero-order chi connectivity index (χ0) is 21.1. The Morgan fingerprint density at radius 2 is 1.83 bits per heavy atom. The molecule has 152 valence electrons. The zero-order valence-electron chi connectivity index (χ0n) is 16.9. The number of amides is 1. The van der Waals surface area contributed by atoms with E-state index >= 15 is 0 Å². The third kappa shape index (κ3) is 4.19. The van der Waals surface area contributed by atoms with Gasteiger partial charge < -0.3 is 15.2 Å². The van der Waals surface area contributed by atoms with Crippen LogP contribution >= 0.6 is 0 Å². The van der Waals surface area contributed by atoms with Crippen LogP contribution in [0.15, 0.2) is 53.6 Å². The number of rotatable bonds is 6. The van der Waals surface area contributed by atoms with Crippen molar-refractivity contribution in [1.82, 2.24) is 24.7 Å². The number of hydrogen-bond acceptors (Lipinski definition) is 7. The summed E-state index contributed by atoms with van der Waals surface area (Å²) in [5.74, 6) is 2.77. The fourth-order valence-electron chi connectivity index (χ4n) is 3.07. The lowest BCUT2D eigenvalue weighted by atomic mass is 10.1. The minimum atomic E-state index is -0.124. The number of nitrogens with one attached hydrogen (secondary N) is 2. The second-order valence-corrected chi connectivity index (χ2v) is 6.84. The molecule has 0 fully saturated rings. The predicted molar refractivity (Wildman–Crippen MR) is 112 cm³/mol. The van der Waals surface area contributed by atoms with Crippen LogP contribution in [0.5, 0.6) is 0 Å². The van der Waals surface area contributed by atoms with E-state index in [1.165, 1.54) is 6.33 Å². The van der Waals surface area contributed by atoms with Crippen LogP contribution in [0.3, 0.4) is 0 Å². The molecule has 4 rings (SSSR count). The van der Waals surface area contributed by atoms with E-state index in [4.69, 9.17) is 4.52 Å². The number of carbonyl (C=O) groups is 1. The van der Waals surface area contributed by atoms with Crippen molar-refractivity contribution in [2.24, 2.45) is 0 Å². The SMILES string of the molecule is Cc1noc(C)c1CC(=O)Nc1ccc(Nc2cc(-n3ccnc3C)ncn2)cc1. The molecule has 0 atom stereocenters. The molecular formula is C21H21N7O2. The van der Waals surface area contributed by atoms with Crippen molar-refractivity contribution in [3.8, 4) is 5.82 Å². The number of hydrogen-bond donors (Lipinski definition) is 2. The molecule has 0 aliphatic rings. The van der Waals surface area contributed by atoms with Crippen LogP contribution in [0.4, 0.5) is 17.2 Å². The summed E-state index contributed by atoms with van der Waals surface area (Å²) < 4.78 is 6.98. The highest BCUT2D eigenvalue weighted by Gasteiger charge is 2.13. The summed E-state index contributed by atoms with van der Waals surface area (Å²) >= 11 is 0. The number of nitrogens with zero attached hydrogens (tertiary/aromatic N) is 5. The van der Waals surface area contributed by atoms with Crippen LogP contribution in [0.25, 0.3) is 5.82 Å². The van der Waals surface area contributed by atoms with Crippen LogP contribution in [-0.2, 0) is 11.2 Å². The van der Waals surface area contributed by atoms with Gasteiger partial charge in [-0.15, -0.1) is 0 Å². The number of benzene rings is 1. The highest BCUT2D eigenvalue weighted by atomic mass is 16.5. The normalized spacial score (nSPS) is 10.8. The molecule has 4 aromatic rings. The van der Waals surface area contributed by atoms with Crippen molar-refractivity contribution in [1.29, 1.82) is 0 Å². The summed E-state index contributed by atoms with van der Waals surface area (Å²) in [6, 6.07) is 9.24. The molecule has 9 nitrogen and oxygen atoms in total. The van der Waals surface area contributed by atoms with Crippen LogP contribution < -0.4 is 10.6 Å². The lowest BCUT2D eigenvalue weighted by Gasteiger charge is -2.10. The zero-order valence-corrected chi connectivity index (χ0v) is 16.9. The number of aryl methyl sites for hydroxylation is 3. The van der Waals surface area contributed by atoms with E-state index in [2.05, 4.69) is 30.7 Å². The van der Waals surface area contributed by atoms with Gasteiger partial charge in [0.25, 0.3) is 0 Å². The van der Waals surface area contributed by atoms with E-state index in [1.807, 2.05) is 54.9 Å². The van der Waals surface area contributed by atoms with Crippen LogP contribution in [0.2, 0.25) is 0 Å². The van der Waals surface area contributed by atoms with Crippen molar-refractivity contribution in [2.75, 3.05) is 10.6 Å². The first-order valence-electron chi connectivity index (χ1n) is 9.40. The van der Waals surface area contributed by atoms with E-state index in [9.17, 15) is 4.79 Å². The largest absolute Gasteiger partial charge is 0.361 e. The van der Waals surface area contributed by atoms with E-state index in [-0.39, 0.29) is 12.3 Å². The van der Waals surface area contributed by atoms with Crippen molar-refractivity contribution >= 4 is 23.1 Å². The summed E-state index contributed by atoms with van der Waals surface area (Å²) in [5.41, 5.74) is 3.09. The molecule has 0 unspecified atom stereocenters. The Bertz CT molecular complexity index is 1160. The molecule has 0 saturated carbocycles. The summed E-state index contributed by atoms with van der Waals surface area (Å²) in [7, 11) is 0. The third-order valence-electron chi connectivity index (χ3n) is 4.68. The van der Waals surface area contributed by atoms with E-state index in [0.717, 1.165) is 28.6 Å². The topological polar surface area (TPSA) is 111 Å². The third-order valence-corrected chi connectivity index (χ3v) is 4.68. The maximum absolute atomic E-state index is 12.3. The minimum Gasteiger partial charge on any atom is -0.361 e. The highest BCUT2D eigenvalue weighted by molar-refractivity contribution is 5.92. The van der Waals surface area contributed by atoms with Gasteiger partial charge >= 0.3 is 0 Å². The summed E-state index contributed by atoms with van der Waals surface area (Å²) in [6.07, 6.45) is 5.30. The Kier molecular flexibility index (Phi) is 5.25. The van der Waals surface area contributed by atoms with Crippen LogP contribution in [0, 0.1) is 20.8 Å². The average Bonchev–Trinajstić information content (AvgIpc) is 3.30. The van der Waals surface area contributed by atoms with E-state index in [0.29, 0.717) is 17.3 Å². The summed E-state index contributed by atoms with van der Waals surface area (Å²) in [4.78, 5) is 25.1. The average molecular weight is 403 g/mol. The number of carbonyl (C=O) groups excluding carboxylic acids is 1. The molecule has 9 heteroatoms. The molecule has 2 N–H and O–H groups in total. The molecule has 0 aliphatic heterocycles. The molecule has 0 radical (unpaired) electrons. The van der Waals surface area contributed by atoms with Gasteiger partial charge in [-0.25, -0.2) is 15.0 Å². The fraction of sp³-hybridized carbons (Fsp3) is 0.190. The Labute approximate surface area is 173 Å². The molecular weight excluding hydrogens is 382 g/mol. The van der Waals surface area contributed by atoms with Crippen molar-refractivity contribution in [2.45, 2.75) is 27.2 Å². The lowest BCUT2D eigenvalue weighted by molar-refractivity contribution is -0.115. The maximum atomic E-state index is 12.3. The van der Waals surface area contributed by atoms with E-state index < -0.39 is 0 Å². The molecule has 1 amide bonds. The Morgan fingerprint density at radius 1 is 1.07 bits per heavy atom. The first-order chi connectivity index (χ1) is 14.5. The summed E-state index contributed by atoms with van der Waals surface area (Å²) in [6.45, 7) is 5.54. The standard InChI is InChI=1S/C21H21N7O2/c1-13-18(14(2)30-27-13)10-21(29)26-17-6-4-16(5-7-17)25-19-11-20(24-12-23-19)28-9-8-22-15(28)3/h4-9,11-12H,10H2,1-3H3,(H,26,29)(H,23,24,25). The van der Waals surface area contributed by atoms with Crippen LogP contribution in [-0.4, -0.2) is 30.6 Å². The lowest BCUT2D eigenvalue weighted by Crippen LogP contribution is -2.15. The molecule has 30 heavy (non-hydrogen) atoms. The minimum absolute atomic E-state index is 0.124. The maximum Gasteiger partial charge on any atom is 0.228 e. The second kappa shape index (κ2) is 8.16. The molecule has 0 aliphatic carbocycles. The quantitative estimate of drug-likeness (QED) is 0.507. The first kappa shape index (κ1) is 19.3. The molecule has 0 saturated heterocycles. The molecule has 0 bridgehead atoms. The second-order valence-electron chi connectivity index (χ2n) is 6.84. The number of anilines is 3. The molecule has 3 heterocycles. The Morgan fingerprint density at radius 3 is 2.50 bits per heavy atom.